The Kier molecular flexibility index (Phi) is 4.33. The quantitative estimate of drug-likeness (QED) is 0.410. The van der Waals surface area contributed by atoms with Gasteiger partial charge in [0.1, 0.15) is 12.1 Å². The number of thiophene rings is 1. The summed E-state index contributed by atoms with van der Waals surface area (Å²) in [5.41, 5.74) is 6.27. The largest absolute Gasteiger partial charge is 0.340 e. The highest BCUT2D eigenvalue weighted by atomic mass is 32.1. The normalized spacial score (nSPS) is 11.1. The molecule has 0 atom stereocenters. The van der Waals surface area contributed by atoms with Gasteiger partial charge in [-0.2, -0.15) is 0 Å². The summed E-state index contributed by atoms with van der Waals surface area (Å²) in [7, 11) is 0. The SMILES string of the molecule is Cc1ncn(-c2cccc(Nc3ncnc4c(-c5cccs5)cccc34)c2)c1C. The minimum absolute atomic E-state index is 0.795. The summed E-state index contributed by atoms with van der Waals surface area (Å²) in [5.74, 6) is 0.795. The van der Waals surface area contributed by atoms with Crippen LogP contribution in [0.15, 0.2) is 72.6 Å². The summed E-state index contributed by atoms with van der Waals surface area (Å²) in [6.07, 6.45) is 3.48. The van der Waals surface area contributed by atoms with Crippen LogP contribution in [-0.4, -0.2) is 19.5 Å². The van der Waals surface area contributed by atoms with E-state index in [1.54, 1.807) is 17.7 Å². The number of anilines is 2. The van der Waals surface area contributed by atoms with Crippen molar-refractivity contribution in [2.45, 2.75) is 13.8 Å². The van der Waals surface area contributed by atoms with E-state index in [2.05, 4.69) is 79.6 Å². The van der Waals surface area contributed by atoms with Crippen LogP contribution in [0.5, 0.6) is 0 Å². The molecule has 5 rings (SSSR count). The van der Waals surface area contributed by atoms with E-state index in [1.165, 1.54) is 4.88 Å². The number of hydrogen-bond donors (Lipinski definition) is 1. The fourth-order valence-electron chi connectivity index (χ4n) is 3.45. The van der Waals surface area contributed by atoms with Crippen molar-refractivity contribution in [2.24, 2.45) is 0 Å². The minimum Gasteiger partial charge on any atom is -0.340 e. The molecule has 0 radical (unpaired) electrons. The van der Waals surface area contributed by atoms with Gasteiger partial charge in [-0.3, -0.25) is 0 Å². The van der Waals surface area contributed by atoms with Crippen LogP contribution in [0.1, 0.15) is 11.4 Å². The van der Waals surface area contributed by atoms with Gasteiger partial charge in [0.2, 0.25) is 0 Å². The van der Waals surface area contributed by atoms with Crippen LogP contribution in [0.4, 0.5) is 11.5 Å². The highest BCUT2D eigenvalue weighted by molar-refractivity contribution is 7.13. The maximum absolute atomic E-state index is 4.56. The van der Waals surface area contributed by atoms with Crippen LogP contribution < -0.4 is 5.32 Å². The molecule has 0 saturated carbocycles. The molecule has 3 heterocycles. The van der Waals surface area contributed by atoms with E-state index < -0.39 is 0 Å². The third-order valence-electron chi connectivity index (χ3n) is 5.09. The van der Waals surface area contributed by atoms with E-state index in [4.69, 9.17) is 0 Å². The smallest absolute Gasteiger partial charge is 0.141 e. The summed E-state index contributed by atoms with van der Waals surface area (Å²) in [5, 5.41) is 6.56. The zero-order valence-corrected chi connectivity index (χ0v) is 16.9. The van der Waals surface area contributed by atoms with Gasteiger partial charge in [-0.05, 0) is 49.6 Å². The number of benzene rings is 2. The van der Waals surface area contributed by atoms with E-state index in [0.29, 0.717) is 0 Å². The van der Waals surface area contributed by atoms with Gasteiger partial charge in [0.15, 0.2) is 0 Å². The Labute approximate surface area is 172 Å². The van der Waals surface area contributed by atoms with Crippen LogP contribution >= 0.6 is 11.3 Å². The number of nitrogens with zero attached hydrogens (tertiary/aromatic N) is 4. The molecule has 0 amide bonds. The molecule has 0 spiro atoms. The number of fused-ring (bicyclic) bond motifs is 1. The van der Waals surface area contributed by atoms with Crippen molar-refractivity contribution in [1.29, 1.82) is 0 Å². The first-order valence-corrected chi connectivity index (χ1v) is 10.2. The summed E-state index contributed by atoms with van der Waals surface area (Å²) in [4.78, 5) is 14.7. The highest BCUT2D eigenvalue weighted by Gasteiger charge is 2.11. The molecular weight excluding hydrogens is 378 g/mol. The standard InChI is InChI=1S/C23H19N5S/c1-15-16(2)28(14-26-15)18-7-3-6-17(12-18)27-23-20-9-4-8-19(21-10-5-11-29-21)22(20)24-13-25-23/h3-14H,1-2H3,(H,24,25,27). The Morgan fingerprint density at radius 3 is 2.62 bits per heavy atom. The number of rotatable bonds is 4. The molecule has 3 aromatic heterocycles. The Hall–Kier alpha value is -3.51. The topological polar surface area (TPSA) is 55.6 Å². The minimum atomic E-state index is 0.795. The van der Waals surface area contributed by atoms with Crippen molar-refractivity contribution in [3.05, 3.63) is 84.0 Å². The van der Waals surface area contributed by atoms with Crippen LogP contribution in [0.3, 0.4) is 0 Å². The van der Waals surface area contributed by atoms with E-state index in [1.807, 2.05) is 25.4 Å². The molecular formula is C23H19N5S. The van der Waals surface area contributed by atoms with Crippen LogP contribution in [-0.2, 0) is 0 Å². The van der Waals surface area contributed by atoms with E-state index in [-0.39, 0.29) is 0 Å². The predicted octanol–water partition coefficient (Wildman–Crippen LogP) is 5.90. The second-order valence-electron chi connectivity index (χ2n) is 6.86. The summed E-state index contributed by atoms with van der Waals surface area (Å²) < 4.78 is 2.09. The number of hydrogen-bond acceptors (Lipinski definition) is 5. The van der Waals surface area contributed by atoms with Gasteiger partial charge < -0.3 is 9.88 Å². The Balaban J connectivity index is 1.55. The van der Waals surface area contributed by atoms with Gasteiger partial charge in [0.25, 0.3) is 0 Å². The van der Waals surface area contributed by atoms with E-state index in [9.17, 15) is 0 Å². The maximum atomic E-state index is 4.56. The molecule has 6 heteroatoms. The summed E-state index contributed by atoms with van der Waals surface area (Å²) in [6.45, 7) is 4.10. The molecule has 29 heavy (non-hydrogen) atoms. The first kappa shape index (κ1) is 17.6. The van der Waals surface area contributed by atoms with Crippen molar-refractivity contribution < 1.29 is 0 Å². The summed E-state index contributed by atoms with van der Waals surface area (Å²) in [6, 6.07) is 18.7. The third-order valence-corrected chi connectivity index (χ3v) is 5.99. The average molecular weight is 398 g/mol. The molecule has 0 fully saturated rings. The number of aryl methyl sites for hydroxylation is 1. The maximum Gasteiger partial charge on any atom is 0.141 e. The molecule has 0 aliphatic heterocycles. The molecule has 5 aromatic rings. The first-order valence-electron chi connectivity index (χ1n) is 9.36. The first-order chi connectivity index (χ1) is 14.2. The Morgan fingerprint density at radius 2 is 1.83 bits per heavy atom. The lowest BCUT2D eigenvalue weighted by Gasteiger charge is -2.12. The molecule has 0 unspecified atom stereocenters. The van der Waals surface area contributed by atoms with Crippen molar-refractivity contribution in [3.63, 3.8) is 0 Å². The van der Waals surface area contributed by atoms with Gasteiger partial charge in [0, 0.05) is 32.9 Å². The molecule has 0 aliphatic carbocycles. The second kappa shape index (κ2) is 7.14. The molecule has 1 N–H and O–H groups in total. The van der Waals surface area contributed by atoms with Crippen molar-refractivity contribution in [1.82, 2.24) is 19.5 Å². The van der Waals surface area contributed by atoms with Gasteiger partial charge in [-0.15, -0.1) is 11.3 Å². The van der Waals surface area contributed by atoms with E-state index in [0.717, 1.165) is 45.0 Å². The molecule has 0 aliphatic rings. The lowest BCUT2D eigenvalue weighted by Crippen LogP contribution is -1.99. The monoisotopic (exact) mass is 397 g/mol. The number of imidazole rings is 1. The molecule has 5 nitrogen and oxygen atoms in total. The van der Waals surface area contributed by atoms with Gasteiger partial charge >= 0.3 is 0 Å². The number of para-hydroxylation sites is 1. The molecule has 0 bridgehead atoms. The zero-order valence-electron chi connectivity index (χ0n) is 16.1. The Morgan fingerprint density at radius 1 is 0.931 bits per heavy atom. The van der Waals surface area contributed by atoms with Gasteiger partial charge in [0.05, 0.1) is 17.5 Å². The lowest BCUT2D eigenvalue weighted by atomic mass is 10.1. The highest BCUT2D eigenvalue weighted by Crippen LogP contribution is 2.33. The summed E-state index contributed by atoms with van der Waals surface area (Å²) >= 11 is 1.71. The van der Waals surface area contributed by atoms with Gasteiger partial charge in [-0.25, -0.2) is 15.0 Å². The van der Waals surface area contributed by atoms with Crippen molar-refractivity contribution in [2.75, 3.05) is 5.32 Å². The average Bonchev–Trinajstić information content (AvgIpc) is 3.39. The fraction of sp³-hybridized carbons (Fsp3) is 0.0870. The molecule has 142 valence electrons. The van der Waals surface area contributed by atoms with Crippen LogP contribution in [0, 0.1) is 13.8 Å². The molecule has 0 saturated heterocycles. The van der Waals surface area contributed by atoms with Gasteiger partial charge in [-0.1, -0.05) is 24.3 Å². The molecule has 2 aromatic carbocycles. The van der Waals surface area contributed by atoms with Crippen molar-refractivity contribution >= 4 is 33.7 Å². The predicted molar refractivity (Wildman–Crippen MR) is 119 cm³/mol. The lowest BCUT2D eigenvalue weighted by molar-refractivity contribution is 1.00. The van der Waals surface area contributed by atoms with Crippen LogP contribution in [0.2, 0.25) is 0 Å². The van der Waals surface area contributed by atoms with E-state index >= 15 is 0 Å². The van der Waals surface area contributed by atoms with Crippen LogP contribution in [0.25, 0.3) is 27.0 Å². The van der Waals surface area contributed by atoms with Crippen molar-refractivity contribution in [3.8, 4) is 16.1 Å². The Bertz CT molecular complexity index is 1300. The number of nitrogens with one attached hydrogen (secondary N) is 1. The fourth-order valence-corrected chi connectivity index (χ4v) is 4.20. The number of aromatic nitrogens is 4. The second-order valence-corrected chi connectivity index (χ2v) is 7.81. The third kappa shape index (κ3) is 3.17. The zero-order chi connectivity index (χ0) is 19.8.